The molecule has 1 aromatic carbocycles. The first-order valence-corrected chi connectivity index (χ1v) is 9.92. The summed E-state index contributed by atoms with van der Waals surface area (Å²) in [6.45, 7) is 1.29. The second-order valence-electron chi connectivity index (χ2n) is 4.79. The smallest absolute Gasteiger partial charge is 0.250 e. The minimum atomic E-state index is -3.52. The van der Waals surface area contributed by atoms with Gasteiger partial charge in [0.15, 0.2) is 5.96 Å². The number of hydrogen-bond acceptors (Lipinski definition) is 4. The lowest BCUT2D eigenvalue weighted by atomic mass is 10.2. The van der Waals surface area contributed by atoms with Gasteiger partial charge in [-0.25, -0.2) is 13.1 Å². The summed E-state index contributed by atoms with van der Waals surface area (Å²) in [5.41, 5.74) is 1.13. The summed E-state index contributed by atoms with van der Waals surface area (Å²) < 4.78 is 27.2. The molecule has 3 N–H and O–H groups in total. The number of thiophene rings is 1. The second kappa shape index (κ2) is 9.03. The molecule has 0 spiro atoms. The van der Waals surface area contributed by atoms with E-state index < -0.39 is 10.0 Å². The predicted molar refractivity (Wildman–Crippen MR) is 99.2 cm³/mol. The van der Waals surface area contributed by atoms with Gasteiger partial charge in [-0.1, -0.05) is 41.9 Å². The lowest BCUT2D eigenvalue weighted by Crippen LogP contribution is -2.41. The highest BCUT2D eigenvalue weighted by molar-refractivity contribution is 7.91. The summed E-state index contributed by atoms with van der Waals surface area (Å²) >= 11 is 6.79. The van der Waals surface area contributed by atoms with Crippen LogP contribution in [0.15, 0.2) is 51.7 Å². The Morgan fingerprint density at radius 1 is 1.12 bits per heavy atom. The van der Waals surface area contributed by atoms with E-state index >= 15 is 0 Å². The number of aliphatic imine (C=N–C) groups is 1. The number of nitrogens with zero attached hydrogens (tertiary/aromatic N) is 1. The molecule has 1 heterocycles. The van der Waals surface area contributed by atoms with Gasteiger partial charge in [-0.15, -0.1) is 11.3 Å². The first kappa shape index (κ1) is 18.7. The van der Waals surface area contributed by atoms with E-state index in [9.17, 15) is 8.42 Å². The summed E-state index contributed by atoms with van der Waals surface area (Å²) in [6.07, 6.45) is 0. The van der Waals surface area contributed by atoms with Crippen molar-refractivity contribution in [3.8, 4) is 0 Å². The predicted octanol–water partition coefficient (Wildman–Crippen LogP) is 2.04. The maximum absolute atomic E-state index is 12.0. The molecule has 0 saturated carbocycles. The molecule has 24 heavy (non-hydrogen) atoms. The van der Waals surface area contributed by atoms with Gasteiger partial charge in [0.05, 0.1) is 4.34 Å². The van der Waals surface area contributed by atoms with Crippen LogP contribution < -0.4 is 15.4 Å². The van der Waals surface area contributed by atoms with E-state index in [-0.39, 0.29) is 10.8 Å². The zero-order valence-electron chi connectivity index (χ0n) is 13.1. The monoisotopic (exact) mass is 386 g/mol. The quantitative estimate of drug-likeness (QED) is 0.386. The summed E-state index contributed by atoms with van der Waals surface area (Å²) in [4.78, 5) is 4.10. The molecule has 2 rings (SSSR count). The number of benzene rings is 1. The summed E-state index contributed by atoms with van der Waals surface area (Å²) in [5, 5.41) is 6.22. The molecule has 0 aliphatic carbocycles. The first-order valence-electron chi connectivity index (χ1n) is 7.25. The van der Waals surface area contributed by atoms with E-state index in [2.05, 4.69) is 20.3 Å². The van der Waals surface area contributed by atoms with Crippen LogP contribution in [0.4, 0.5) is 0 Å². The maximum Gasteiger partial charge on any atom is 0.250 e. The van der Waals surface area contributed by atoms with Gasteiger partial charge >= 0.3 is 0 Å². The highest BCUT2D eigenvalue weighted by Gasteiger charge is 2.15. The molecule has 0 aliphatic heterocycles. The fourth-order valence-corrected chi connectivity index (χ4v) is 4.44. The molecule has 130 valence electrons. The number of guanidine groups is 1. The van der Waals surface area contributed by atoms with Crippen molar-refractivity contribution in [3.05, 3.63) is 52.4 Å². The fourth-order valence-electron chi connectivity index (χ4n) is 1.88. The largest absolute Gasteiger partial charge is 0.355 e. The molecule has 0 saturated heterocycles. The summed E-state index contributed by atoms with van der Waals surface area (Å²) in [5.74, 6) is 0.609. The van der Waals surface area contributed by atoms with E-state index in [0.717, 1.165) is 16.9 Å². The van der Waals surface area contributed by atoms with E-state index in [1.165, 1.54) is 6.07 Å². The molecule has 0 fully saturated rings. The summed E-state index contributed by atoms with van der Waals surface area (Å²) in [7, 11) is -1.85. The topological polar surface area (TPSA) is 82.6 Å². The van der Waals surface area contributed by atoms with Gasteiger partial charge in [-0.05, 0) is 17.7 Å². The normalized spacial score (nSPS) is 12.2. The van der Waals surface area contributed by atoms with Crippen molar-refractivity contribution in [2.24, 2.45) is 4.99 Å². The van der Waals surface area contributed by atoms with Gasteiger partial charge in [0, 0.05) is 26.7 Å². The Bertz CT molecular complexity index is 776. The minimum absolute atomic E-state index is 0.207. The Morgan fingerprint density at radius 3 is 2.50 bits per heavy atom. The number of rotatable bonds is 7. The van der Waals surface area contributed by atoms with Gasteiger partial charge < -0.3 is 10.6 Å². The average molecular weight is 387 g/mol. The molecule has 0 unspecified atom stereocenters. The van der Waals surface area contributed by atoms with Crippen LogP contribution in [0.2, 0.25) is 4.34 Å². The van der Waals surface area contributed by atoms with E-state index in [1.54, 1.807) is 13.1 Å². The van der Waals surface area contributed by atoms with Crippen molar-refractivity contribution in [1.82, 2.24) is 15.4 Å². The lowest BCUT2D eigenvalue weighted by molar-refractivity contribution is 0.582. The Kier molecular flexibility index (Phi) is 7.04. The van der Waals surface area contributed by atoms with E-state index in [4.69, 9.17) is 11.6 Å². The molecular formula is C15H19ClN4O2S2. The first-order chi connectivity index (χ1) is 11.5. The van der Waals surface area contributed by atoms with Crippen LogP contribution in [0, 0.1) is 0 Å². The number of sulfonamides is 1. The number of hydrogen-bond donors (Lipinski definition) is 3. The number of halogens is 1. The SMILES string of the molecule is CN=C(NCCNS(=O)(=O)c1ccc(Cl)s1)NCc1ccccc1. The maximum atomic E-state index is 12.0. The molecule has 0 radical (unpaired) electrons. The number of nitrogens with one attached hydrogen (secondary N) is 3. The van der Waals surface area contributed by atoms with Crippen LogP contribution in [0.1, 0.15) is 5.56 Å². The van der Waals surface area contributed by atoms with Crippen molar-refractivity contribution in [2.75, 3.05) is 20.1 Å². The summed E-state index contributed by atoms with van der Waals surface area (Å²) in [6, 6.07) is 13.0. The van der Waals surface area contributed by atoms with Crippen LogP contribution in [-0.2, 0) is 16.6 Å². The molecule has 0 amide bonds. The molecule has 0 aliphatic rings. The zero-order chi connectivity index (χ0) is 17.4. The van der Waals surface area contributed by atoms with Crippen molar-refractivity contribution >= 4 is 38.9 Å². The Labute approximate surface area is 151 Å². The Hall–Kier alpha value is -1.61. The van der Waals surface area contributed by atoms with Crippen molar-refractivity contribution < 1.29 is 8.42 Å². The van der Waals surface area contributed by atoms with Crippen LogP contribution in [-0.4, -0.2) is 34.5 Å². The van der Waals surface area contributed by atoms with Gasteiger partial charge in [-0.2, -0.15) is 0 Å². The van der Waals surface area contributed by atoms with Crippen LogP contribution >= 0.6 is 22.9 Å². The van der Waals surface area contributed by atoms with Gasteiger partial charge in [0.1, 0.15) is 4.21 Å². The lowest BCUT2D eigenvalue weighted by Gasteiger charge is -2.12. The fraction of sp³-hybridized carbons (Fsp3) is 0.267. The van der Waals surface area contributed by atoms with Crippen molar-refractivity contribution in [3.63, 3.8) is 0 Å². The van der Waals surface area contributed by atoms with E-state index in [0.29, 0.717) is 23.4 Å². The third-order valence-corrected chi connectivity index (χ3v) is 6.23. The minimum Gasteiger partial charge on any atom is -0.355 e. The second-order valence-corrected chi connectivity index (χ2v) is 8.50. The third-order valence-electron chi connectivity index (χ3n) is 3.05. The van der Waals surface area contributed by atoms with Crippen molar-refractivity contribution in [1.29, 1.82) is 0 Å². The highest BCUT2D eigenvalue weighted by Crippen LogP contribution is 2.25. The third kappa shape index (κ3) is 5.79. The molecule has 1 aromatic heterocycles. The van der Waals surface area contributed by atoms with E-state index in [1.807, 2.05) is 30.3 Å². The van der Waals surface area contributed by atoms with Gasteiger partial charge in [0.2, 0.25) is 10.0 Å². The Balaban J connectivity index is 1.74. The zero-order valence-corrected chi connectivity index (χ0v) is 15.5. The average Bonchev–Trinajstić information content (AvgIpc) is 3.02. The van der Waals surface area contributed by atoms with Gasteiger partial charge in [0.25, 0.3) is 0 Å². The molecular weight excluding hydrogens is 368 g/mol. The molecule has 6 nitrogen and oxygen atoms in total. The molecule has 0 atom stereocenters. The Morgan fingerprint density at radius 2 is 1.88 bits per heavy atom. The van der Waals surface area contributed by atoms with Crippen molar-refractivity contribution in [2.45, 2.75) is 10.8 Å². The molecule has 9 heteroatoms. The molecule has 0 bridgehead atoms. The van der Waals surface area contributed by atoms with Crippen LogP contribution in [0.25, 0.3) is 0 Å². The van der Waals surface area contributed by atoms with Gasteiger partial charge in [-0.3, -0.25) is 4.99 Å². The molecule has 2 aromatic rings. The van der Waals surface area contributed by atoms with Crippen LogP contribution in [0.5, 0.6) is 0 Å². The standard InChI is InChI=1S/C15H19ClN4O2S2/c1-17-15(19-11-12-5-3-2-4-6-12)18-9-10-20-24(21,22)14-8-7-13(16)23-14/h2-8,20H,9-11H2,1H3,(H2,17,18,19). The highest BCUT2D eigenvalue weighted by atomic mass is 35.5. The van der Waals surface area contributed by atoms with Crippen LogP contribution in [0.3, 0.4) is 0 Å².